The van der Waals surface area contributed by atoms with Gasteiger partial charge in [-0.25, -0.2) is 0 Å². The quantitative estimate of drug-likeness (QED) is 0.862. The Labute approximate surface area is 115 Å². The Balaban J connectivity index is 1.79. The third-order valence-electron chi connectivity index (χ3n) is 3.21. The third kappa shape index (κ3) is 4.47. The molecule has 1 unspecified atom stereocenters. The Morgan fingerprint density at radius 2 is 1.84 bits per heavy atom. The highest BCUT2D eigenvalue weighted by molar-refractivity contribution is 5.18. The van der Waals surface area contributed by atoms with Crippen LogP contribution in [0, 0.1) is 0 Å². The first-order valence-corrected chi connectivity index (χ1v) is 6.64. The lowest BCUT2D eigenvalue weighted by Gasteiger charge is -2.19. The van der Waals surface area contributed by atoms with Crippen molar-refractivity contribution in [1.29, 1.82) is 0 Å². The fraction of sp³-hybridized carbons (Fsp3) is 0.312. The molecule has 100 valence electrons. The maximum Gasteiger partial charge on any atom is 0.0543 e. The zero-order chi connectivity index (χ0) is 13.5. The van der Waals surface area contributed by atoms with Gasteiger partial charge in [-0.1, -0.05) is 36.4 Å². The molecular formula is C16H21N3. The van der Waals surface area contributed by atoms with Crippen LogP contribution < -0.4 is 5.73 Å². The Hall–Kier alpha value is -1.71. The first-order chi connectivity index (χ1) is 9.25. The summed E-state index contributed by atoms with van der Waals surface area (Å²) in [6.07, 6.45) is 2.78. The van der Waals surface area contributed by atoms with Crippen molar-refractivity contribution in [3.63, 3.8) is 0 Å². The van der Waals surface area contributed by atoms with Gasteiger partial charge in [-0.15, -0.1) is 0 Å². The van der Waals surface area contributed by atoms with E-state index in [1.54, 1.807) is 0 Å². The molecule has 1 aromatic heterocycles. The van der Waals surface area contributed by atoms with Crippen molar-refractivity contribution in [2.45, 2.75) is 19.0 Å². The first-order valence-electron chi connectivity index (χ1n) is 6.64. The molecule has 0 saturated carbocycles. The van der Waals surface area contributed by atoms with Crippen molar-refractivity contribution < 1.29 is 0 Å². The number of nitrogens with zero attached hydrogens (tertiary/aromatic N) is 2. The summed E-state index contributed by atoms with van der Waals surface area (Å²) in [5.74, 6) is 0. The summed E-state index contributed by atoms with van der Waals surface area (Å²) in [6.45, 7) is 1.83. The monoisotopic (exact) mass is 255 g/mol. The molecule has 2 aromatic rings. The molecule has 0 fully saturated rings. The standard InChI is InChI=1S/C16H21N3/c1-19(13-15-9-5-6-11-18-15)12-10-16(17)14-7-3-2-4-8-14/h2-9,11,16H,10,12-13,17H2,1H3. The van der Waals surface area contributed by atoms with Crippen LogP contribution in [0.4, 0.5) is 0 Å². The molecule has 0 bridgehead atoms. The van der Waals surface area contributed by atoms with Crippen molar-refractivity contribution in [3.05, 3.63) is 66.0 Å². The van der Waals surface area contributed by atoms with E-state index in [0.717, 1.165) is 25.2 Å². The summed E-state index contributed by atoms with van der Waals surface area (Å²) in [5.41, 5.74) is 8.49. The SMILES string of the molecule is CN(CCC(N)c1ccccc1)Cc1ccccn1. The number of hydrogen-bond donors (Lipinski definition) is 1. The minimum atomic E-state index is 0.104. The second-order valence-corrected chi connectivity index (χ2v) is 4.86. The van der Waals surface area contributed by atoms with Gasteiger partial charge < -0.3 is 10.6 Å². The summed E-state index contributed by atoms with van der Waals surface area (Å²) >= 11 is 0. The van der Waals surface area contributed by atoms with Crippen LogP contribution in [-0.2, 0) is 6.54 Å². The van der Waals surface area contributed by atoms with Crippen LogP contribution in [0.15, 0.2) is 54.7 Å². The summed E-state index contributed by atoms with van der Waals surface area (Å²) < 4.78 is 0. The Morgan fingerprint density at radius 3 is 2.53 bits per heavy atom. The number of rotatable bonds is 6. The molecule has 19 heavy (non-hydrogen) atoms. The van der Waals surface area contributed by atoms with Crippen molar-refractivity contribution >= 4 is 0 Å². The Bertz CT molecular complexity index is 470. The number of aromatic nitrogens is 1. The van der Waals surface area contributed by atoms with E-state index >= 15 is 0 Å². The molecule has 0 radical (unpaired) electrons. The average molecular weight is 255 g/mol. The highest BCUT2D eigenvalue weighted by Gasteiger charge is 2.07. The molecule has 0 saturated heterocycles. The molecule has 0 aliphatic heterocycles. The van der Waals surface area contributed by atoms with E-state index < -0.39 is 0 Å². The van der Waals surface area contributed by atoms with Crippen LogP contribution in [0.1, 0.15) is 23.7 Å². The second kappa shape index (κ2) is 7.02. The molecule has 2 rings (SSSR count). The van der Waals surface area contributed by atoms with E-state index in [0.29, 0.717) is 0 Å². The number of benzene rings is 1. The van der Waals surface area contributed by atoms with E-state index in [2.05, 4.69) is 29.1 Å². The molecule has 1 heterocycles. The van der Waals surface area contributed by atoms with Crippen molar-refractivity contribution in [2.24, 2.45) is 5.73 Å². The zero-order valence-electron chi connectivity index (χ0n) is 11.4. The molecule has 1 aromatic carbocycles. The largest absolute Gasteiger partial charge is 0.324 e. The molecular weight excluding hydrogens is 234 g/mol. The summed E-state index contributed by atoms with van der Waals surface area (Å²) in [6, 6.07) is 16.4. The van der Waals surface area contributed by atoms with Crippen LogP contribution in [-0.4, -0.2) is 23.5 Å². The van der Waals surface area contributed by atoms with E-state index in [9.17, 15) is 0 Å². The van der Waals surface area contributed by atoms with Gasteiger partial charge in [0.2, 0.25) is 0 Å². The van der Waals surface area contributed by atoms with Crippen molar-refractivity contribution in [3.8, 4) is 0 Å². The molecule has 0 aliphatic carbocycles. The van der Waals surface area contributed by atoms with Gasteiger partial charge in [0.1, 0.15) is 0 Å². The topological polar surface area (TPSA) is 42.1 Å². The van der Waals surface area contributed by atoms with Gasteiger partial charge in [-0.3, -0.25) is 4.98 Å². The Morgan fingerprint density at radius 1 is 1.11 bits per heavy atom. The fourth-order valence-electron chi connectivity index (χ4n) is 2.07. The van der Waals surface area contributed by atoms with Gasteiger partial charge >= 0.3 is 0 Å². The van der Waals surface area contributed by atoms with Crippen molar-refractivity contribution in [1.82, 2.24) is 9.88 Å². The van der Waals surface area contributed by atoms with Gasteiger partial charge in [0.05, 0.1) is 5.69 Å². The average Bonchev–Trinajstić information content (AvgIpc) is 2.47. The van der Waals surface area contributed by atoms with Gasteiger partial charge in [-0.2, -0.15) is 0 Å². The maximum atomic E-state index is 6.19. The van der Waals surface area contributed by atoms with E-state index in [1.807, 2.05) is 42.6 Å². The molecule has 3 nitrogen and oxygen atoms in total. The summed E-state index contributed by atoms with van der Waals surface area (Å²) in [5, 5.41) is 0. The van der Waals surface area contributed by atoms with E-state index in [4.69, 9.17) is 5.73 Å². The lowest BCUT2D eigenvalue weighted by Crippen LogP contribution is -2.23. The van der Waals surface area contributed by atoms with E-state index in [-0.39, 0.29) is 6.04 Å². The third-order valence-corrected chi connectivity index (χ3v) is 3.21. The number of hydrogen-bond acceptors (Lipinski definition) is 3. The lowest BCUT2D eigenvalue weighted by atomic mass is 10.0. The minimum absolute atomic E-state index is 0.104. The van der Waals surface area contributed by atoms with Crippen LogP contribution >= 0.6 is 0 Å². The van der Waals surface area contributed by atoms with Gasteiger partial charge in [0.25, 0.3) is 0 Å². The molecule has 0 aliphatic rings. The highest BCUT2D eigenvalue weighted by atomic mass is 15.1. The molecule has 0 spiro atoms. The zero-order valence-corrected chi connectivity index (χ0v) is 11.4. The van der Waals surface area contributed by atoms with Crippen LogP contribution in [0.5, 0.6) is 0 Å². The van der Waals surface area contributed by atoms with Gasteiger partial charge in [0, 0.05) is 25.3 Å². The predicted octanol–water partition coefficient (Wildman–Crippen LogP) is 2.60. The maximum absolute atomic E-state index is 6.19. The first kappa shape index (κ1) is 13.7. The Kier molecular flexibility index (Phi) is 5.07. The van der Waals surface area contributed by atoms with E-state index in [1.165, 1.54) is 5.56 Å². The predicted molar refractivity (Wildman–Crippen MR) is 78.6 cm³/mol. The number of pyridine rings is 1. The van der Waals surface area contributed by atoms with Crippen LogP contribution in [0.25, 0.3) is 0 Å². The summed E-state index contributed by atoms with van der Waals surface area (Å²) in [7, 11) is 2.10. The molecule has 3 heteroatoms. The van der Waals surface area contributed by atoms with Crippen LogP contribution in [0.3, 0.4) is 0 Å². The second-order valence-electron chi connectivity index (χ2n) is 4.86. The fourth-order valence-corrected chi connectivity index (χ4v) is 2.07. The lowest BCUT2D eigenvalue weighted by molar-refractivity contribution is 0.308. The summed E-state index contributed by atoms with van der Waals surface area (Å²) in [4.78, 5) is 6.59. The molecule has 1 atom stereocenters. The van der Waals surface area contributed by atoms with Gasteiger partial charge in [0.15, 0.2) is 0 Å². The van der Waals surface area contributed by atoms with Gasteiger partial charge in [-0.05, 0) is 31.2 Å². The smallest absolute Gasteiger partial charge is 0.0543 e. The highest BCUT2D eigenvalue weighted by Crippen LogP contribution is 2.13. The minimum Gasteiger partial charge on any atom is -0.324 e. The van der Waals surface area contributed by atoms with Crippen LogP contribution in [0.2, 0.25) is 0 Å². The molecule has 0 amide bonds. The number of nitrogens with two attached hydrogens (primary N) is 1. The normalized spacial score (nSPS) is 12.6. The van der Waals surface area contributed by atoms with Crippen molar-refractivity contribution in [2.75, 3.05) is 13.6 Å². The molecule has 2 N–H and O–H groups in total.